The maximum Gasteiger partial charge on any atom is 0.243 e. The summed E-state index contributed by atoms with van der Waals surface area (Å²) in [4.78, 5) is 12.0. The molecule has 2 aromatic rings. The first-order chi connectivity index (χ1) is 11.7. The number of hydrogen-bond donors (Lipinski definition) is 2. The van der Waals surface area contributed by atoms with Crippen LogP contribution in [0.3, 0.4) is 0 Å². The zero-order valence-corrected chi connectivity index (χ0v) is 16.6. The molecule has 25 heavy (non-hydrogen) atoms. The molecule has 2 rings (SSSR count). The molecule has 0 unspecified atom stereocenters. The van der Waals surface area contributed by atoms with E-state index in [0.717, 1.165) is 10.7 Å². The lowest BCUT2D eigenvalue weighted by Gasteiger charge is -2.15. The number of methoxy groups -OCH3 is 1. The summed E-state index contributed by atoms with van der Waals surface area (Å²) < 4.78 is 29.8. The number of halogens is 2. The Morgan fingerprint density at radius 2 is 2.00 bits per heavy atom. The van der Waals surface area contributed by atoms with E-state index in [0.29, 0.717) is 11.4 Å². The van der Waals surface area contributed by atoms with Crippen LogP contribution in [-0.2, 0) is 14.6 Å². The number of benzene rings is 2. The summed E-state index contributed by atoms with van der Waals surface area (Å²) in [6.45, 7) is -0.0909. The quantitative estimate of drug-likeness (QED) is 0.707. The van der Waals surface area contributed by atoms with Crippen LogP contribution in [-0.4, -0.2) is 34.2 Å². The number of amides is 1. The molecule has 0 spiro atoms. The van der Waals surface area contributed by atoms with Gasteiger partial charge >= 0.3 is 0 Å². The molecular weight excluding hydrogens is 432 g/mol. The largest absolute Gasteiger partial charge is 0.493 e. The average molecular weight is 448 g/mol. The molecule has 9 heteroatoms. The number of carbonyl (C=O) groups excluding carboxylic acids is 1. The SMILES string of the molecule is COc1c(NCC(=O)Nc2cccc(Br)c2)cc(Cl)cc1S(C)(=O)=O. The first kappa shape index (κ1) is 19.6. The van der Waals surface area contributed by atoms with Gasteiger partial charge in [-0.1, -0.05) is 33.6 Å². The normalized spacial score (nSPS) is 11.0. The van der Waals surface area contributed by atoms with Gasteiger partial charge in [-0.2, -0.15) is 0 Å². The van der Waals surface area contributed by atoms with Gasteiger partial charge < -0.3 is 15.4 Å². The molecule has 0 heterocycles. The molecule has 0 aliphatic rings. The van der Waals surface area contributed by atoms with Crippen LogP contribution >= 0.6 is 27.5 Å². The monoisotopic (exact) mass is 446 g/mol. The molecule has 0 aliphatic carbocycles. The predicted molar refractivity (Wildman–Crippen MR) is 102 cm³/mol. The molecular formula is C16H16BrClN2O4S. The lowest BCUT2D eigenvalue weighted by Crippen LogP contribution is -2.22. The van der Waals surface area contributed by atoms with E-state index in [1.54, 1.807) is 18.2 Å². The number of ether oxygens (including phenoxy) is 1. The third kappa shape index (κ3) is 5.35. The van der Waals surface area contributed by atoms with Crippen LogP contribution in [0.4, 0.5) is 11.4 Å². The highest BCUT2D eigenvalue weighted by atomic mass is 79.9. The van der Waals surface area contributed by atoms with E-state index in [2.05, 4.69) is 26.6 Å². The highest BCUT2D eigenvalue weighted by molar-refractivity contribution is 9.10. The zero-order chi connectivity index (χ0) is 18.6. The maximum atomic E-state index is 12.1. The number of rotatable bonds is 6. The van der Waals surface area contributed by atoms with Crippen molar-refractivity contribution < 1.29 is 17.9 Å². The highest BCUT2D eigenvalue weighted by Crippen LogP contribution is 2.35. The molecule has 0 aromatic heterocycles. The first-order valence-corrected chi connectivity index (χ1v) is 10.1. The summed E-state index contributed by atoms with van der Waals surface area (Å²) in [5.74, 6) is -0.191. The van der Waals surface area contributed by atoms with Crippen molar-refractivity contribution in [2.24, 2.45) is 0 Å². The molecule has 0 saturated heterocycles. The number of sulfone groups is 1. The van der Waals surface area contributed by atoms with Crippen LogP contribution in [0.2, 0.25) is 5.02 Å². The average Bonchev–Trinajstić information content (AvgIpc) is 2.51. The summed E-state index contributed by atoms with van der Waals surface area (Å²) >= 11 is 9.31. The van der Waals surface area contributed by atoms with E-state index in [1.165, 1.54) is 19.2 Å². The smallest absolute Gasteiger partial charge is 0.243 e. The van der Waals surface area contributed by atoms with E-state index < -0.39 is 9.84 Å². The molecule has 0 fully saturated rings. The standard InChI is InChI=1S/C16H16BrClN2O4S/c1-24-16-13(7-11(18)8-14(16)25(2,22)23)19-9-15(21)20-12-5-3-4-10(17)6-12/h3-8,19H,9H2,1-2H3,(H,20,21). The van der Waals surface area contributed by atoms with Gasteiger partial charge in [0.2, 0.25) is 5.91 Å². The summed E-state index contributed by atoms with van der Waals surface area (Å²) in [6, 6.07) is 9.97. The van der Waals surface area contributed by atoms with Gasteiger partial charge in [0, 0.05) is 21.4 Å². The van der Waals surface area contributed by atoms with Crippen LogP contribution in [0.5, 0.6) is 5.75 Å². The van der Waals surface area contributed by atoms with Crippen LogP contribution in [0.1, 0.15) is 0 Å². The molecule has 134 valence electrons. The van der Waals surface area contributed by atoms with E-state index in [1.807, 2.05) is 6.07 Å². The van der Waals surface area contributed by atoms with Crippen molar-refractivity contribution in [2.45, 2.75) is 4.90 Å². The summed E-state index contributed by atoms with van der Waals surface area (Å²) in [5, 5.41) is 5.80. The Kier molecular flexibility index (Phi) is 6.31. The van der Waals surface area contributed by atoms with Crippen molar-refractivity contribution in [1.29, 1.82) is 0 Å². The van der Waals surface area contributed by atoms with Crippen molar-refractivity contribution in [1.82, 2.24) is 0 Å². The van der Waals surface area contributed by atoms with Crippen LogP contribution in [0, 0.1) is 0 Å². The number of anilines is 2. The van der Waals surface area contributed by atoms with Crippen LogP contribution in [0.25, 0.3) is 0 Å². The number of carbonyl (C=O) groups is 1. The minimum atomic E-state index is -3.54. The molecule has 0 radical (unpaired) electrons. The minimum absolute atomic E-state index is 0.0441. The van der Waals surface area contributed by atoms with Crippen LogP contribution < -0.4 is 15.4 Å². The van der Waals surface area contributed by atoms with Crippen molar-refractivity contribution in [3.05, 3.63) is 45.9 Å². The predicted octanol–water partition coefficient (Wildman–Crippen LogP) is 3.57. The molecule has 0 atom stereocenters. The van der Waals surface area contributed by atoms with E-state index in [-0.39, 0.29) is 28.1 Å². The van der Waals surface area contributed by atoms with Gasteiger partial charge in [-0.3, -0.25) is 4.79 Å². The summed E-state index contributed by atoms with van der Waals surface area (Å²) in [5.41, 5.74) is 0.955. The first-order valence-electron chi connectivity index (χ1n) is 7.07. The van der Waals surface area contributed by atoms with E-state index in [9.17, 15) is 13.2 Å². The second-order valence-electron chi connectivity index (χ2n) is 5.17. The topological polar surface area (TPSA) is 84.5 Å². The maximum absolute atomic E-state index is 12.1. The van der Waals surface area contributed by atoms with Crippen molar-refractivity contribution in [2.75, 3.05) is 30.5 Å². The summed E-state index contributed by atoms with van der Waals surface area (Å²) in [7, 11) is -2.19. The van der Waals surface area contributed by atoms with Gasteiger partial charge in [-0.15, -0.1) is 0 Å². The Hall–Kier alpha value is -1.77. The number of hydrogen-bond acceptors (Lipinski definition) is 5. The Morgan fingerprint density at radius 3 is 2.60 bits per heavy atom. The van der Waals surface area contributed by atoms with Crippen molar-refractivity contribution in [3.63, 3.8) is 0 Å². The second kappa shape index (κ2) is 8.07. The lowest BCUT2D eigenvalue weighted by molar-refractivity contribution is -0.114. The van der Waals surface area contributed by atoms with Gasteiger partial charge in [-0.25, -0.2) is 8.42 Å². The Morgan fingerprint density at radius 1 is 1.28 bits per heavy atom. The summed E-state index contributed by atoms with van der Waals surface area (Å²) in [6.07, 6.45) is 1.06. The van der Waals surface area contributed by atoms with E-state index >= 15 is 0 Å². The molecule has 1 amide bonds. The van der Waals surface area contributed by atoms with E-state index in [4.69, 9.17) is 16.3 Å². The van der Waals surface area contributed by atoms with Crippen molar-refractivity contribution >= 4 is 54.7 Å². The third-order valence-corrected chi connectivity index (χ3v) is 4.98. The molecule has 0 aliphatic heterocycles. The Labute approximate surface area is 159 Å². The Bertz CT molecular complexity index is 903. The third-order valence-electron chi connectivity index (χ3n) is 3.17. The molecule has 0 bridgehead atoms. The molecule has 0 saturated carbocycles. The Balaban J connectivity index is 2.17. The lowest BCUT2D eigenvalue weighted by atomic mass is 10.3. The van der Waals surface area contributed by atoms with Gasteiger partial charge in [0.1, 0.15) is 4.90 Å². The molecule has 2 aromatic carbocycles. The zero-order valence-electron chi connectivity index (χ0n) is 13.5. The van der Waals surface area contributed by atoms with Gasteiger partial charge in [-0.05, 0) is 30.3 Å². The van der Waals surface area contributed by atoms with Gasteiger partial charge in [0.15, 0.2) is 15.6 Å². The number of nitrogens with one attached hydrogen (secondary N) is 2. The van der Waals surface area contributed by atoms with Crippen molar-refractivity contribution in [3.8, 4) is 5.75 Å². The van der Waals surface area contributed by atoms with Crippen LogP contribution in [0.15, 0.2) is 45.8 Å². The fraction of sp³-hybridized carbons (Fsp3) is 0.188. The van der Waals surface area contributed by atoms with Gasteiger partial charge in [0.05, 0.1) is 19.3 Å². The minimum Gasteiger partial charge on any atom is -0.493 e. The highest BCUT2D eigenvalue weighted by Gasteiger charge is 2.19. The fourth-order valence-electron chi connectivity index (χ4n) is 2.13. The second-order valence-corrected chi connectivity index (χ2v) is 8.51. The van der Waals surface area contributed by atoms with Gasteiger partial charge in [0.25, 0.3) is 0 Å². The molecule has 6 nitrogen and oxygen atoms in total. The fourth-order valence-corrected chi connectivity index (χ4v) is 3.69. The molecule has 2 N–H and O–H groups in total.